The Labute approximate surface area is 119 Å². The number of primary amides is 1. The number of amides is 1. The molecule has 1 atom stereocenters. The van der Waals surface area contributed by atoms with E-state index in [2.05, 4.69) is 10.1 Å². The van der Waals surface area contributed by atoms with Gasteiger partial charge in [0.25, 0.3) is 5.69 Å². The van der Waals surface area contributed by atoms with Gasteiger partial charge in [-0.3, -0.25) is 10.1 Å². The number of nitrogens with one attached hydrogen (secondary N) is 1. The number of carbonyl (C=O) groups excluding carboxylic acids is 2. The Balaban J connectivity index is 2.41. The SMILES string of the molecule is NC(=O)OC(=O)C1=CNC=CC1c1ccccc1[N+](=O)[O-]. The summed E-state index contributed by atoms with van der Waals surface area (Å²) in [5, 5.41) is 13.7. The van der Waals surface area contributed by atoms with Crippen molar-refractivity contribution in [1.29, 1.82) is 0 Å². The molecule has 1 aliphatic heterocycles. The van der Waals surface area contributed by atoms with Crippen molar-refractivity contribution in [3.8, 4) is 0 Å². The number of hydrogen-bond acceptors (Lipinski definition) is 6. The Kier molecular flexibility index (Phi) is 3.98. The number of para-hydroxylation sites is 1. The molecule has 0 aromatic heterocycles. The van der Waals surface area contributed by atoms with Gasteiger partial charge in [-0.2, -0.15) is 0 Å². The zero-order chi connectivity index (χ0) is 15.4. The van der Waals surface area contributed by atoms with E-state index >= 15 is 0 Å². The summed E-state index contributed by atoms with van der Waals surface area (Å²) in [6.45, 7) is 0. The summed E-state index contributed by atoms with van der Waals surface area (Å²) in [5.41, 5.74) is 5.03. The summed E-state index contributed by atoms with van der Waals surface area (Å²) >= 11 is 0. The third-order valence-corrected chi connectivity index (χ3v) is 2.86. The topological polar surface area (TPSA) is 125 Å². The molecule has 0 fully saturated rings. The molecule has 1 amide bonds. The van der Waals surface area contributed by atoms with Crippen molar-refractivity contribution in [3.05, 3.63) is 64.0 Å². The minimum Gasteiger partial charge on any atom is -0.373 e. The van der Waals surface area contributed by atoms with E-state index in [0.717, 1.165) is 0 Å². The molecule has 1 aromatic carbocycles. The molecule has 2 rings (SSSR count). The molecule has 21 heavy (non-hydrogen) atoms. The van der Waals surface area contributed by atoms with Crippen LogP contribution in [0.2, 0.25) is 0 Å². The van der Waals surface area contributed by atoms with E-state index in [-0.39, 0.29) is 11.3 Å². The number of ether oxygens (including phenoxy) is 1. The molecule has 1 aromatic rings. The van der Waals surface area contributed by atoms with Gasteiger partial charge in [-0.1, -0.05) is 24.3 Å². The van der Waals surface area contributed by atoms with E-state index in [1.165, 1.54) is 30.6 Å². The highest BCUT2D eigenvalue weighted by atomic mass is 16.6. The monoisotopic (exact) mass is 289 g/mol. The lowest BCUT2D eigenvalue weighted by atomic mass is 9.89. The second-order valence-electron chi connectivity index (χ2n) is 4.13. The molecule has 0 bridgehead atoms. The average Bonchev–Trinajstić information content (AvgIpc) is 2.46. The minimum absolute atomic E-state index is 0.0469. The number of dihydropyridines is 1. The molecule has 1 unspecified atom stereocenters. The van der Waals surface area contributed by atoms with Gasteiger partial charge < -0.3 is 15.8 Å². The van der Waals surface area contributed by atoms with Crippen LogP contribution in [0.3, 0.4) is 0 Å². The minimum atomic E-state index is -1.24. The summed E-state index contributed by atoms with van der Waals surface area (Å²) in [5.74, 6) is -1.66. The molecule has 8 nitrogen and oxygen atoms in total. The number of nitro benzene ring substituents is 1. The van der Waals surface area contributed by atoms with Gasteiger partial charge in [0.2, 0.25) is 0 Å². The summed E-state index contributed by atoms with van der Waals surface area (Å²) in [7, 11) is 0. The van der Waals surface area contributed by atoms with Gasteiger partial charge in [0.05, 0.1) is 10.5 Å². The van der Waals surface area contributed by atoms with E-state index in [4.69, 9.17) is 5.73 Å². The largest absolute Gasteiger partial charge is 0.412 e. The first-order valence-corrected chi connectivity index (χ1v) is 5.88. The Morgan fingerprint density at radius 1 is 1.33 bits per heavy atom. The van der Waals surface area contributed by atoms with Gasteiger partial charge in [0.15, 0.2) is 0 Å². The lowest BCUT2D eigenvalue weighted by Gasteiger charge is -2.18. The van der Waals surface area contributed by atoms with Gasteiger partial charge in [0, 0.05) is 23.7 Å². The standard InChI is InChI=1S/C13H11N3O5/c14-13(18)21-12(17)10-7-15-6-5-8(10)9-3-1-2-4-11(9)16(19)20/h1-8,15H,(H2,14,18). The number of benzene rings is 1. The Morgan fingerprint density at radius 2 is 2.05 bits per heavy atom. The van der Waals surface area contributed by atoms with Crippen LogP contribution in [-0.4, -0.2) is 17.0 Å². The zero-order valence-corrected chi connectivity index (χ0v) is 10.7. The van der Waals surface area contributed by atoms with E-state index in [1.807, 2.05) is 0 Å². The number of esters is 1. The number of nitrogens with two attached hydrogens (primary N) is 1. The second-order valence-corrected chi connectivity index (χ2v) is 4.13. The van der Waals surface area contributed by atoms with Crippen molar-refractivity contribution in [2.75, 3.05) is 0 Å². The fraction of sp³-hybridized carbons (Fsp3) is 0.0769. The van der Waals surface area contributed by atoms with Crippen LogP contribution in [0, 0.1) is 10.1 Å². The summed E-state index contributed by atoms with van der Waals surface area (Å²) < 4.78 is 4.33. The van der Waals surface area contributed by atoms with Crippen LogP contribution >= 0.6 is 0 Å². The molecule has 0 radical (unpaired) electrons. The number of hydrogen-bond donors (Lipinski definition) is 2. The molecule has 0 saturated carbocycles. The summed E-state index contributed by atoms with van der Waals surface area (Å²) in [4.78, 5) is 33.0. The van der Waals surface area contributed by atoms with E-state index < -0.39 is 22.9 Å². The summed E-state index contributed by atoms with van der Waals surface area (Å²) in [6.07, 6.45) is 3.16. The van der Waals surface area contributed by atoms with Crippen LogP contribution in [0.5, 0.6) is 0 Å². The number of rotatable bonds is 3. The first-order valence-electron chi connectivity index (χ1n) is 5.88. The quantitative estimate of drug-likeness (QED) is 0.374. The van der Waals surface area contributed by atoms with Crippen LogP contribution in [0.1, 0.15) is 11.5 Å². The molecule has 1 heterocycles. The highest BCUT2D eigenvalue weighted by molar-refractivity contribution is 5.97. The van der Waals surface area contributed by atoms with Gasteiger partial charge >= 0.3 is 12.1 Å². The van der Waals surface area contributed by atoms with Crippen molar-refractivity contribution in [2.24, 2.45) is 5.73 Å². The Hall–Kier alpha value is -3.16. The van der Waals surface area contributed by atoms with Crippen molar-refractivity contribution >= 4 is 17.7 Å². The molecule has 0 spiro atoms. The number of nitro groups is 1. The average molecular weight is 289 g/mol. The van der Waals surface area contributed by atoms with Crippen molar-refractivity contribution in [2.45, 2.75) is 5.92 Å². The third-order valence-electron chi connectivity index (χ3n) is 2.86. The van der Waals surface area contributed by atoms with E-state index in [1.54, 1.807) is 12.1 Å². The third kappa shape index (κ3) is 3.06. The number of carbonyl (C=O) groups is 2. The first kappa shape index (κ1) is 14.3. The molecule has 3 N–H and O–H groups in total. The van der Waals surface area contributed by atoms with E-state index in [0.29, 0.717) is 5.56 Å². The number of nitrogens with zero attached hydrogens (tertiary/aromatic N) is 1. The van der Waals surface area contributed by atoms with Crippen LogP contribution in [0.4, 0.5) is 10.5 Å². The maximum Gasteiger partial charge on any atom is 0.412 e. The van der Waals surface area contributed by atoms with E-state index in [9.17, 15) is 19.7 Å². The molecule has 108 valence electrons. The molecular weight excluding hydrogens is 278 g/mol. The maximum absolute atomic E-state index is 11.8. The molecule has 0 aliphatic carbocycles. The fourth-order valence-electron chi connectivity index (χ4n) is 2.01. The lowest BCUT2D eigenvalue weighted by molar-refractivity contribution is -0.385. The van der Waals surface area contributed by atoms with Gasteiger partial charge in [-0.25, -0.2) is 9.59 Å². The van der Waals surface area contributed by atoms with Crippen LogP contribution in [0.25, 0.3) is 0 Å². The van der Waals surface area contributed by atoms with Gasteiger partial charge in [0.1, 0.15) is 0 Å². The second kappa shape index (κ2) is 5.87. The molecule has 0 saturated heterocycles. The smallest absolute Gasteiger partial charge is 0.373 e. The number of allylic oxidation sites excluding steroid dienone is 1. The Bertz CT molecular complexity index is 666. The Morgan fingerprint density at radius 3 is 2.71 bits per heavy atom. The lowest BCUT2D eigenvalue weighted by Crippen LogP contribution is -2.24. The maximum atomic E-state index is 11.8. The molecule has 1 aliphatic rings. The highest BCUT2D eigenvalue weighted by Crippen LogP contribution is 2.34. The molecule has 8 heteroatoms. The van der Waals surface area contributed by atoms with Crippen molar-refractivity contribution in [1.82, 2.24) is 5.32 Å². The van der Waals surface area contributed by atoms with Crippen LogP contribution in [-0.2, 0) is 9.53 Å². The highest BCUT2D eigenvalue weighted by Gasteiger charge is 2.29. The predicted molar refractivity (Wildman–Crippen MR) is 71.9 cm³/mol. The van der Waals surface area contributed by atoms with Crippen molar-refractivity contribution in [3.63, 3.8) is 0 Å². The normalized spacial score (nSPS) is 16.6. The zero-order valence-electron chi connectivity index (χ0n) is 10.7. The van der Waals surface area contributed by atoms with Gasteiger partial charge in [-0.15, -0.1) is 0 Å². The first-order chi connectivity index (χ1) is 10.0. The fourth-order valence-corrected chi connectivity index (χ4v) is 2.01. The van der Waals surface area contributed by atoms with Crippen LogP contribution < -0.4 is 11.1 Å². The van der Waals surface area contributed by atoms with Gasteiger partial charge in [-0.05, 0) is 6.20 Å². The summed E-state index contributed by atoms with van der Waals surface area (Å²) in [6, 6.07) is 6.01. The predicted octanol–water partition coefficient (Wildman–Crippen LogP) is 1.30. The molecular formula is C13H11N3O5. The van der Waals surface area contributed by atoms with Crippen molar-refractivity contribution < 1.29 is 19.2 Å². The van der Waals surface area contributed by atoms with Crippen LogP contribution in [0.15, 0.2) is 48.3 Å².